The van der Waals surface area contributed by atoms with Crippen molar-refractivity contribution in [3.63, 3.8) is 0 Å². The van der Waals surface area contributed by atoms with Gasteiger partial charge in [0.1, 0.15) is 0 Å². The van der Waals surface area contributed by atoms with Gasteiger partial charge in [-0.2, -0.15) is 0 Å². The first kappa shape index (κ1) is 15.0. The molecule has 0 amide bonds. The average molecular weight is 280 g/mol. The SMILES string of the molecule is CNC(Cc1nccs1)C1CCC(C(C)(C)C)CC1. The van der Waals surface area contributed by atoms with E-state index in [0.29, 0.717) is 11.5 Å². The van der Waals surface area contributed by atoms with Gasteiger partial charge in [-0.3, -0.25) is 0 Å². The van der Waals surface area contributed by atoms with E-state index in [4.69, 9.17) is 0 Å². The topological polar surface area (TPSA) is 24.9 Å². The molecule has 108 valence electrons. The van der Waals surface area contributed by atoms with Crippen molar-refractivity contribution < 1.29 is 0 Å². The van der Waals surface area contributed by atoms with Crippen LogP contribution in [0, 0.1) is 17.3 Å². The maximum Gasteiger partial charge on any atom is 0.0940 e. The van der Waals surface area contributed by atoms with Crippen molar-refractivity contribution >= 4 is 11.3 Å². The molecule has 3 heteroatoms. The van der Waals surface area contributed by atoms with E-state index in [0.717, 1.165) is 18.3 Å². The van der Waals surface area contributed by atoms with Gasteiger partial charge in [-0.15, -0.1) is 11.3 Å². The molecule has 1 saturated carbocycles. The Morgan fingerprint density at radius 3 is 2.47 bits per heavy atom. The maximum atomic E-state index is 4.43. The minimum absolute atomic E-state index is 0.482. The summed E-state index contributed by atoms with van der Waals surface area (Å²) in [6.45, 7) is 7.18. The van der Waals surface area contributed by atoms with Crippen molar-refractivity contribution in [3.8, 4) is 0 Å². The summed E-state index contributed by atoms with van der Waals surface area (Å²) in [7, 11) is 2.11. The summed E-state index contributed by atoms with van der Waals surface area (Å²) in [4.78, 5) is 4.43. The first-order valence-corrected chi connectivity index (χ1v) is 8.44. The van der Waals surface area contributed by atoms with Gasteiger partial charge in [-0.25, -0.2) is 4.98 Å². The van der Waals surface area contributed by atoms with Crippen LogP contribution in [-0.2, 0) is 6.42 Å². The smallest absolute Gasteiger partial charge is 0.0940 e. The fourth-order valence-corrected chi connectivity index (χ4v) is 4.11. The molecule has 1 N–H and O–H groups in total. The molecule has 0 aliphatic heterocycles. The van der Waals surface area contributed by atoms with Gasteiger partial charge >= 0.3 is 0 Å². The second-order valence-electron chi connectivity index (χ2n) is 7.00. The molecule has 1 aromatic heterocycles. The second kappa shape index (κ2) is 6.36. The minimum Gasteiger partial charge on any atom is -0.316 e. The lowest BCUT2D eigenvalue weighted by Gasteiger charge is -2.39. The number of hydrogen-bond acceptors (Lipinski definition) is 3. The molecular formula is C16H28N2S. The molecule has 2 rings (SSSR count). The standard InChI is InChI=1S/C16H28N2S/c1-16(2,3)13-7-5-12(6-8-13)14(17-4)11-15-18-9-10-19-15/h9-10,12-14,17H,5-8,11H2,1-4H3. The zero-order valence-electron chi connectivity index (χ0n) is 12.8. The van der Waals surface area contributed by atoms with Crippen molar-refractivity contribution in [1.29, 1.82) is 0 Å². The summed E-state index contributed by atoms with van der Waals surface area (Å²) in [5, 5.41) is 6.89. The number of likely N-dealkylation sites (N-methyl/N-ethyl adjacent to an activating group) is 1. The van der Waals surface area contributed by atoms with Crippen LogP contribution in [0.4, 0.5) is 0 Å². The zero-order valence-corrected chi connectivity index (χ0v) is 13.6. The predicted octanol–water partition coefficient (Wildman–Crippen LogP) is 4.13. The van der Waals surface area contributed by atoms with E-state index >= 15 is 0 Å². The summed E-state index contributed by atoms with van der Waals surface area (Å²) in [5.41, 5.74) is 0.482. The summed E-state index contributed by atoms with van der Waals surface area (Å²) in [6, 6.07) is 0.604. The van der Waals surface area contributed by atoms with Crippen molar-refractivity contribution in [1.82, 2.24) is 10.3 Å². The largest absolute Gasteiger partial charge is 0.316 e. The quantitative estimate of drug-likeness (QED) is 0.897. The summed E-state index contributed by atoms with van der Waals surface area (Å²) in [6.07, 6.45) is 8.55. The molecule has 1 aliphatic rings. The van der Waals surface area contributed by atoms with Crippen molar-refractivity contribution in [2.45, 2.75) is 58.9 Å². The van der Waals surface area contributed by atoms with E-state index in [1.807, 2.05) is 6.20 Å². The molecule has 1 fully saturated rings. The third-order valence-electron chi connectivity index (χ3n) is 4.81. The van der Waals surface area contributed by atoms with Gasteiger partial charge in [0.2, 0.25) is 0 Å². The van der Waals surface area contributed by atoms with Crippen LogP contribution in [0.5, 0.6) is 0 Å². The molecule has 1 unspecified atom stereocenters. The zero-order chi connectivity index (χ0) is 13.9. The van der Waals surface area contributed by atoms with Crippen LogP contribution in [0.2, 0.25) is 0 Å². The normalized spacial score (nSPS) is 26.3. The molecule has 0 spiro atoms. The lowest BCUT2D eigenvalue weighted by atomic mass is 9.68. The van der Waals surface area contributed by atoms with Crippen LogP contribution in [0.3, 0.4) is 0 Å². The predicted molar refractivity (Wildman–Crippen MR) is 83.6 cm³/mol. The van der Waals surface area contributed by atoms with Crippen LogP contribution >= 0.6 is 11.3 Å². The molecule has 0 radical (unpaired) electrons. The number of aromatic nitrogens is 1. The molecule has 1 aromatic rings. The fourth-order valence-electron chi connectivity index (χ4n) is 3.43. The lowest BCUT2D eigenvalue weighted by Crippen LogP contribution is -2.39. The molecule has 2 nitrogen and oxygen atoms in total. The molecular weight excluding hydrogens is 252 g/mol. The number of thiazole rings is 1. The number of nitrogens with one attached hydrogen (secondary N) is 1. The fraction of sp³-hybridized carbons (Fsp3) is 0.812. The van der Waals surface area contributed by atoms with E-state index < -0.39 is 0 Å². The van der Waals surface area contributed by atoms with Gasteiger partial charge in [-0.1, -0.05) is 20.8 Å². The molecule has 1 atom stereocenters. The minimum atomic E-state index is 0.482. The Hall–Kier alpha value is -0.410. The highest BCUT2D eigenvalue weighted by Gasteiger charge is 2.32. The van der Waals surface area contributed by atoms with Gasteiger partial charge in [-0.05, 0) is 50.0 Å². The van der Waals surface area contributed by atoms with Crippen LogP contribution < -0.4 is 5.32 Å². The van der Waals surface area contributed by atoms with Gasteiger partial charge in [0.15, 0.2) is 0 Å². The summed E-state index contributed by atoms with van der Waals surface area (Å²) in [5.74, 6) is 1.73. The van der Waals surface area contributed by atoms with E-state index in [1.165, 1.54) is 30.7 Å². The Kier molecular flexibility index (Phi) is 5.02. The third kappa shape index (κ3) is 4.03. The summed E-state index contributed by atoms with van der Waals surface area (Å²) >= 11 is 1.78. The van der Waals surface area contributed by atoms with Crippen LogP contribution in [-0.4, -0.2) is 18.1 Å². The highest BCUT2D eigenvalue weighted by molar-refractivity contribution is 7.09. The maximum absolute atomic E-state index is 4.43. The van der Waals surface area contributed by atoms with Gasteiger partial charge in [0, 0.05) is 24.0 Å². The second-order valence-corrected chi connectivity index (χ2v) is 7.98. The van der Waals surface area contributed by atoms with Gasteiger partial charge in [0.25, 0.3) is 0 Å². The van der Waals surface area contributed by atoms with E-state index in [9.17, 15) is 0 Å². The summed E-state index contributed by atoms with van der Waals surface area (Å²) < 4.78 is 0. The van der Waals surface area contributed by atoms with Crippen molar-refractivity contribution in [2.24, 2.45) is 17.3 Å². The molecule has 1 aliphatic carbocycles. The first-order valence-electron chi connectivity index (χ1n) is 7.56. The van der Waals surface area contributed by atoms with Crippen LogP contribution in [0.15, 0.2) is 11.6 Å². The van der Waals surface area contributed by atoms with Gasteiger partial charge < -0.3 is 5.32 Å². The van der Waals surface area contributed by atoms with Crippen LogP contribution in [0.1, 0.15) is 51.5 Å². The Morgan fingerprint density at radius 2 is 2.00 bits per heavy atom. The number of rotatable bonds is 4. The Balaban J connectivity index is 1.88. The first-order chi connectivity index (χ1) is 9.00. The third-order valence-corrected chi connectivity index (χ3v) is 5.62. The van der Waals surface area contributed by atoms with Crippen LogP contribution in [0.25, 0.3) is 0 Å². The molecule has 1 heterocycles. The van der Waals surface area contributed by atoms with Gasteiger partial charge in [0.05, 0.1) is 5.01 Å². The Bertz CT molecular complexity index is 359. The molecule has 19 heavy (non-hydrogen) atoms. The Labute approximate surface area is 122 Å². The molecule has 0 bridgehead atoms. The molecule has 0 saturated heterocycles. The Morgan fingerprint density at radius 1 is 1.32 bits per heavy atom. The average Bonchev–Trinajstić information content (AvgIpc) is 2.88. The van der Waals surface area contributed by atoms with E-state index in [2.05, 4.69) is 43.5 Å². The van der Waals surface area contributed by atoms with E-state index in [1.54, 1.807) is 11.3 Å². The lowest BCUT2D eigenvalue weighted by molar-refractivity contribution is 0.134. The highest BCUT2D eigenvalue weighted by Crippen LogP contribution is 2.41. The number of hydrogen-bond donors (Lipinski definition) is 1. The number of nitrogens with zero attached hydrogens (tertiary/aromatic N) is 1. The monoisotopic (exact) mass is 280 g/mol. The van der Waals surface area contributed by atoms with E-state index in [-0.39, 0.29) is 0 Å². The molecule has 0 aromatic carbocycles. The van der Waals surface area contributed by atoms with Crippen molar-refractivity contribution in [2.75, 3.05) is 7.05 Å². The highest BCUT2D eigenvalue weighted by atomic mass is 32.1. The van der Waals surface area contributed by atoms with Crippen molar-refractivity contribution in [3.05, 3.63) is 16.6 Å².